The summed E-state index contributed by atoms with van der Waals surface area (Å²) in [6, 6.07) is 6.54. The van der Waals surface area contributed by atoms with Crippen LogP contribution in [-0.2, 0) is 9.47 Å². The van der Waals surface area contributed by atoms with Gasteiger partial charge in [-0.3, -0.25) is 4.90 Å². The van der Waals surface area contributed by atoms with Gasteiger partial charge in [0.15, 0.2) is 0 Å². The number of nitrogens with zero attached hydrogens (tertiary/aromatic N) is 3. The Morgan fingerprint density at radius 1 is 1.03 bits per heavy atom. The molecule has 0 radical (unpaired) electrons. The number of ether oxygens (including phenoxy) is 3. The van der Waals surface area contributed by atoms with Gasteiger partial charge in [0.25, 0.3) is 0 Å². The van der Waals surface area contributed by atoms with Crippen LogP contribution in [0.5, 0.6) is 11.6 Å². The van der Waals surface area contributed by atoms with Gasteiger partial charge in [-0.1, -0.05) is 13.8 Å². The minimum absolute atomic E-state index is 0.320. The first-order valence-electron chi connectivity index (χ1n) is 10.6. The largest absolute Gasteiger partial charge is 0.465 e. The third kappa shape index (κ3) is 6.80. The van der Waals surface area contributed by atoms with Crippen molar-refractivity contribution in [2.24, 2.45) is 0 Å². The lowest BCUT2D eigenvalue weighted by molar-refractivity contribution is 0.0328. The van der Waals surface area contributed by atoms with Gasteiger partial charge in [0.2, 0.25) is 5.88 Å². The Morgan fingerprint density at radius 3 is 2.31 bits per heavy atom. The summed E-state index contributed by atoms with van der Waals surface area (Å²) in [6.45, 7) is 10.1. The molecule has 2 heterocycles. The molecule has 1 amide bonds. The quantitative estimate of drug-likeness (QED) is 0.582. The lowest BCUT2D eigenvalue weighted by Gasteiger charge is -2.28. The van der Waals surface area contributed by atoms with Crippen molar-refractivity contribution in [1.29, 1.82) is 0 Å². The van der Waals surface area contributed by atoms with Crippen LogP contribution in [0.1, 0.15) is 63.5 Å². The van der Waals surface area contributed by atoms with Gasteiger partial charge in [-0.05, 0) is 63.5 Å². The highest BCUT2D eigenvalue weighted by Gasteiger charge is 2.25. The van der Waals surface area contributed by atoms with Crippen molar-refractivity contribution < 1.29 is 23.8 Å². The first-order valence-corrected chi connectivity index (χ1v) is 10.6. The maximum atomic E-state index is 12.4. The number of amides is 1. The van der Waals surface area contributed by atoms with Gasteiger partial charge < -0.3 is 14.2 Å². The number of methoxy groups -OCH3 is 1. The number of hydrogen-bond acceptors (Lipinski definition) is 7. The zero-order valence-electron chi connectivity index (χ0n) is 19.5. The minimum atomic E-state index is -0.570. The first-order chi connectivity index (χ1) is 15.3. The summed E-state index contributed by atoms with van der Waals surface area (Å²) in [5.41, 5.74) is 1.25. The fourth-order valence-electron chi connectivity index (χ4n) is 2.91. The zero-order valence-corrected chi connectivity index (χ0v) is 19.5. The lowest BCUT2D eigenvalue weighted by atomic mass is 10.0. The van der Waals surface area contributed by atoms with Gasteiger partial charge in [0.1, 0.15) is 17.0 Å². The molecular formula is C24H31N3O5. The standard InChI is InChI=1S/C22H25N3O5.C2H6/c1-22(2,3)30-21(27)25-13-5-6-16(14-25)18-19(24-12-11-23-18)29-17-9-7-15(8-10-17)20(26)28-4;1-2/h7-12,14H,5-6,13H2,1-4H3;1-2H3. The number of carbonyl (C=O) groups is 2. The van der Waals surface area contributed by atoms with Crippen molar-refractivity contribution in [2.45, 2.75) is 53.1 Å². The van der Waals surface area contributed by atoms with Crippen molar-refractivity contribution in [1.82, 2.24) is 14.9 Å². The maximum Gasteiger partial charge on any atom is 0.414 e. The minimum Gasteiger partial charge on any atom is -0.465 e. The van der Waals surface area contributed by atoms with E-state index in [-0.39, 0.29) is 0 Å². The van der Waals surface area contributed by atoms with Gasteiger partial charge in [0.05, 0.1) is 12.7 Å². The SMILES string of the molecule is CC.COC(=O)c1ccc(Oc2nccnc2C2=CN(C(=O)OC(C)(C)C)CCC2)cc1. The fraction of sp³-hybridized carbons (Fsp3) is 0.417. The van der Waals surface area contributed by atoms with Crippen LogP contribution >= 0.6 is 0 Å². The van der Waals surface area contributed by atoms with E-state index in [9.17, 15) is 9.59 Å². The van der Waals surface area contributed by atoms with E-state index in [0.717, 1.165) is 18.4 Å². The Kier molecular flexibility index (Phi) is 8.75. The Hall–Kier alpha value is -3.42. The summed E-state index contributed by atoms with van der Waals surface area (Å²) in [4.78, 5) is 34.3. The molecule has 0 bridgehead atoms. The second-order valence-corrected chi connectivity index (χ2v) is 7.76. The average Bonchev–Trinajstić information content (AvgIpc) is 2.80. The third-order valence-electron chi connectivity index (χ3n) is 4.24. The highest BCUT2D eigenvalue weighted by atomic mass is 16.6. The highest BCUT2D eigenvalue weighted by Crippen LogP contribution is 2.31. The Bertz CT molecular complexity index is 949. The topological polar surface area (TPSA) is 90.9 Å². The zero-order chi connectivity index (χ0) is 23.7. The number of esters is 1. The molecule has 2 aromatic rings. The van der Waals surface area contributed by atoms with Gasteiger partial charge in [-0.2, -0.15) is 0 Å². The summed E-state index contributed by atoms with van der Waals surface area (Å²) in [5, 5.41) is 0. The predicted octanol–water partition coefficient (Wildman–Crippen LogP) is 5.45. The van der Waals surface area contributed by atoms with Crippen LogP contribution in [0.3, 0.4) is 0 Å². The van der Waals surface area contributed by atoms with Crippen LogP contribution in [0, 0.1) is 0 Å². The number of allylic oxidation sites excluding steroid dienone is 1. The molecule has 8 nitrogen and oxygen atoms in total. The van der Waals surface area contributed by atoms with E-state index in [1.165, 1.54) is 13.3 Å². The van der Waals surface area contributed by atoms with Crippen molar-refractivity contribution in [3.63, 3.8) is 0 Å². The van der Waals surface area contributed by atoms with E-state index in [1.807, 2.05) is 34.6 Å². The van der Waals surface area contributed by atoms with Crippen LogP contribution in [-0.4, -0.2) is 46.2 Å². The molecule has 1 aliphatic heterocycles. The monoisotopic (exact) mass is 441 g/mol. The Balaban J connectivity index is 0.00000176. The first kappa shape index (κ1) is 24.8. The second-order valence-electron chi connectivity index (χ2n) is 7.76. The smallest absolute Gasteiger partial charge is 0.414 e. The lowest BCUT2D eigenvalue weighted by Crippen LogP contribution is -2.35. The number of aromatic nitrogens is 2. The Labute approximate surface area is 189 Å². The summed E-state index contributed by atoms with van der Waals surface area (Å²) < 4.78 is 16.1. The molecule has 32 heavy (non-hydrogen) atoms. The molecular weight excluding hydrogens is 410 g/mol. The molecule has 3 rings (SSSR count). The highest BCUT2D eigenvalue weighted by molar-refractivity contribution is 5.89. The predicted molar refractivity (Wildman–Crippen MR) is 121 cm³/mol. The summed E-state index contributed by atoms with van der Waals surface area (Å²) in [7, 11) is 1.33. The third-order valence-corrected chi connectivity index (χ3v) is 4.24. The summed E-state index contributed by atoms with van der Waals surface area (Å²) in [6.07, 6.45) is 5.97. The van der Waals surface area contributed by atoms with Crippen molar-refractivity contribution in [3.05, 3.63) is 54.1 Å². The molecule has 1 aromatic heterocycles. The van der Waals surface area contributed by atoms with E-state index in [1.54, 1.807) is 41.6 Å². The molecule has 1 aromatic carbocycles. The van der Waals surface area contributed by atoms with Crippen molar-refractivity contribution in [3.8, 4) is 11.6 Å². The van der Waals surface area contributed by atoms with Crippen LogP contribution in [0.4, 0.5) is 4.79 Å². The molecule has 1 aliphatic rings. The van der Waals surface area contributed by atoms with E-state index < -0.39 is 17.7 Å². The molecule has 0 saturated carbocycles. The molecule has 172 valence electrons. The van der Waals surface area contributed by atoms with Crippen LogP contribution in [0.25, 0.3) is 5.57 Å². The van der Waals surface area contributed by atoms with Crippen LogP contribution < -0.4 is 4.74 Å². The number of benzene rings is 1. The van der Waals surface area contributed by atoms with Crippen LogP contribution in [0.2, 0.25) is 0 Å². The van der Waals surface area contributed by atoms with E-state index in [4.69, 9.17) is 14.2 Å². The summed E-state index contributed by atoms with van der Waals surface area (Å²) >= 11 is 0. The molecule has 0 atom stereocenters. The Morgan fingerprint density at radius 2 is 1.69 bits per heavy atom. The van der Waals surface area contributed by atoms with Crippen LogP contribution in [0.15, 0.2) is 42.9 Å². The number of hydrogen-bond donors (Lipinski definition) is 0. The molecule has 0 spiro atoms. The normalized spacial score (nSPS) is 13.3. The van der Waals surface area contributed by atoms with E-state index in [2.05, 4.69) is 9.97 Å². The molecule has 8 heteroatoms. The fourth-order valence-corrected chi connectivity index (χ4v) is 2.91. The number of rotatable bonds is 4. The summed E-state index contributed by atoms with van der Waals surface area (Å²) in [5.74, 6) is 0.404. The number of carbonyl (C=O) groups excluding carboxylic acids is 2. The van der Waals surface area contributed by atoms with Crippen molar-refractivity contribution in [2.75, 3.05) is 13.7 Å². The second kappa shape index (κ2) is 11.3. The molecule has 0 aliphatic carbocycles. The van der Waals surface area contributed by atoms with Gasteiger partial charge >= 0.3 is 12.1 Å². The van der Waals surface area contributed by atoms with Crippen molar-refractivity contribution >= 4 is 17.6 Å². The molecule has 0 N–H and O–H groups in total. The molecule has 0 saturated heterocycles. The van der Waals surface area contributed by atoms with Gasteiger partial charge in [0, 0.05) is 25.1 Å². The maximum absolute atomic E-state index is 12.4. The van der Waals surface area contributed by atoms with Gasteiger partial charge in [-0.25, -0.2) is 19.6 Å². The molecule has 0 fully saturated rings. The molecule has 0 unspecified atom stereocenters. The average molecular weight is 442 g/mol. The van der Waals surface area contributed by atoms with Gasteiger partial charge in [-0.15, -0.1) is 0 Å². The van der Waals surface area contributed by atoms with E-state index in [0.29, 0.717) is 29.4 Å². The van der Waals surface area contributed by atoms with E-state index >= 15 is 0 Å².